The lowest BCUT2D eigenvalue weighted by Crippen LogP contribution is -2.42. The van der Waals surface area contributed by atoms with Crippen LogP contribution in [-0.4, -0.2) is 32.3 Å². The van der Waals surface area contributed by atoms with Gasteiger partial charge in [-0.25, -0.2) is 9.78 Å². The molecule has 0 fully saturated rings. The van der Waals surface area contributed by atoms with Gasteiger partial charge in [0.1, 0.15) is 16.8 Å². The van der Waals surface area contributed by atoms with Crippen molar-refractivity contribution in [2.75, 3.05) is 7.11 Å². The number of fused-ring (bicyclic) bond motifs is 1. The molecule has 0 saturated carbocycles. The maximum Gasteiger partial charge on any atom is 0.332 e. The van der Waals surface area contributed by atoms with Crippen LogP contribution in [0, 0.1) is 12.8 Å². The number of benzene rings is 1. The fourth-order valence-electron chi connectivity index (χ4n) is 3.83. The second-order valence-electron chi connectivity index (χ2n) is 7.70. The minimum absolute atomic E-state index is 0.239. The predicted molar refractivity (Wildman–Crippen MR) is 124 cm³/mol. The zero-order chi connectivity index (χ0) is 23.7. The first-order valence-electron chi connectivity index (χ1n) is 10.3. The van der Waals surface area contributed by atoms with Crippen molar-refractivity contribution in [1.29, 1.82) is 0 Å². The number of rotatable bonds is 8. The molecule has 0 radical (unpaired) electrons. The molecule has 0 amide bonds. The van der Waals surface area contributed by atoms with E-state index in [1.54, 1.807) is 7.11 Å². The first kappa shape index (κ1) is 22.5. The molecule has 1 aromatic carbocycles. The lowest BCUT2D eigenvalue weighted by Gasteiger charge is -2.15. The SMILES string of the molecule is COc1ccccc1CCn1c(=O)n(CC(C)C(=O)O)c(=O)c2c(-c3ncco3)c(C)sc21. The van der Waals surface area contributed by atoms with Crippen LogP contribution in [0.2, 0.25) is 0 Å². The molecule has 1 atom stereocenters. The van der Waals surface area contributed by atoms with Crippen LogP contribution in [0.3, 0.4) is 0 Å². The van der Waals surface area contributed by atoms with Crippen molar-refractivity contribution in [3.63, 3.8) is 0 Å². The van der Waals surface area contributed by atoms with Gasteiger partial charge < -0.3 is 14.3 Å². The summed E-state index contributed by atoms with van der Waals surface area (Å²) in [7, 11) is 1.59. The van der Waals surface area contributed by atoms with Gasteiger partial charge in [-0.05, 0) is 25.0 Å². The normalized spacial score (nSPS) is 12.2. The van der Waals surface area contributed by atoms with E-state index in [0.717, 1.165) is 15.0 Å². The molecule has 3 aromatic heterocycles. The van der Waals surface area contributed by atoms with Gasteiger partial charge in [-0.1, -0.05) is 25.1 Å². The van der Waals surface area contributed by atoms with Crippen LogP contribution in [0.4, 0.5) is 0 Å². The average Bonchev–Trinajstić information content (AvgIpc) is 3.44. The minimum atomic E-state index is -1.09. The number of ether oxygens (including phenoxy) is 1. The van der Waals surface area contributed by atoms with E-state index >= 15 is 0 Å². The summed E-state index contributed by atoms with van der Waals surface area (Å²) in [6.07, 6.45) is 3.39. The summed E-state index contributed by atoms with van der Waals surface area (Å²) in [6, 6.07) is 7.52. The Morgan fingerprint density at radius 3 is 2.70 bits per heavy atom. The lowest BCUT2D eigenvalue weighted by molar-refractivity contribution is -0.141. The van der Waals surface area contributed by atoms with Gasteiger partial charge in [-0.15, -0.1) is 11.3 Å². The Morgan fingerprint density at radius 1 is 1.27 bits per heavy atom. The molecule has 0 saturated heterocycles. The smallest absolute Gasteiger partial charge is 0.332 e. The third kappa shape index (κ3) is 4.09. The summed E-state index contributed by atoms with van der Waals surface area (Å²) < 4.78 is 13.4. The highest BCUT2D eigenvalue weighted by Gasteiger charge is 2.25. The highest BCUT2D eigenvalue weighted by Crippen LogP contribution is 2.35. The van der Waals surface area contributed by atoms with Crippen molar-refractivity contribution in [3.05, 3.63) is 68.0 Å². The molecule has 10 heteroatoms. The fourth-order valence-corrected chi connectivity index (χ4v) is 4.98. The molecule has 172 valence electrons. The Morgan fingerprint density at radius 2 is 2.03 bits per heavy atom. The van der Waals surface area contributed by atoms with Crippen molar-refractivity contribution in [3.8, 4) is 17.2 Å². The van der Waals surface area contributed by atoms with E-state index < -0.39 is 23.1 Å². The highest BCUT2D eigenvalue weighted by molar-refractivity contribution is 7.19. The number of para-hydroxylation sites is 1. The fraction of sp³-hybridized carbons (Fsp3) is 0.304. The van der Waals surface area contributed by atoms with Crippen molar-refractivity contribution in [2.24, 2.45) is 5.92 Å². The standard InChI is InChI=1S/C23H23N3O6S/c1-13(22(28)29)12-26-20(27)18-17(19-24-9-11-32-19)14(2)33-21(18)25(23(26)30)10-8-15-6-4-5-7-16(15)31-3/h4-7,9,11,13H,8,10,12H2,1-3H3,(H,28,29). The molecule has 9 nitrogen and oxygen atoms in total. The molecule has 0 aliphatic heterocycles. The van der Waals surface area contributed by atoms with Gasteiger partial charge in [0.25, 0.3) is 5.56 Å². The zero-order valence-corrected chi connectivity index (χ0v) is 19.2. The topological polar surface area (TPSA) is 117 Å². The van der Waals surface area contributed by atoms with Crippen LogP contribution in [0.5, 0.6) is 5.75 Å². The van der Waals surface area contributed by atoms with E-state index in [-0.39, 0.29) is 19.0 Å². The number of hydrogen-bond donors (Lipinski definition) is 1. The van der Waals surface area contributed by atoms with E-state index in [9.17, 15) is 19.5 Å². The second-order valence-corrected chi connectivity index (χ2v) is 8.90. The molecule has 0 spiro atoms. The number of carbonyl (C=O) groups is 1. The third-order valence-corrected chi connectivity index (χ3v) is 6.68. The summed E-state index contributed by atoms with van der Waals surface area (Å²) in [5.41, 5.74) is 0.343. The van der Waals surface area contributed by atoms with Crippen LogP contribution in [0.15, 0.2) is 50.7 Å². The number of aromatic nitrogens is 3. The largest absolute Gasteiger partial charge is 0.496 e. The molecule has 0 bridgehead atoms. The summed E-state index contributed by atoms with van der Waals surface area (Å²) in [5.74, 6) is -1.02. The minimum Gasteiger partial charge on any atom is -0.496 e. The number of oxazole rings is 1. The monoisotopic (exact) mass is 469 g/mol. The lowest BCUT2D eigenvalue weighted by atomic mass is 10.1. The highest BCUT2D eigenvalue weighted by atomic mass is 32.1. The average molecular weight is 470 g/mol. The molecule has 3 heterocycles. The molecule has 1 N–H and O–H groups in total. The van der Waals surface area contributed by atoms with Gasteiger partial charge in [-0.3, -0.25) is 18.7 Å². The molecule has 33 heavy (non-hydrogen) atoms. The first-order valence-corrected chi connectivity index (χ1v) is 11.2. The number of carboxylic acid groups (broad SMARTS) is 1. The third-order valence-electron chi connectivity index (χ3n) is 5.55. The van der Waals surface area contributed by atoms with E-state index in [4.69, 9.17) is 9.15 Å². The van der Waals surface area contributed by atoms with Gasteiger partial charge in [0.15, 0.2) is 0 Å². The molecule has 0 aliphatic rings. The Kier molecular flexibility index (Phi) is 6.19. The van der Waals surface area contributed by atoms with Crippen LogP contribution >= 0.6 is 11.3 Å². The van der Waals surface area contributed by atoms with Gasteiger partial charge >= 0.3 is 11.7 Å². The Balaban J connectivity index is 1.93. The second kappa shape index (κ2) is 9.07. The van der Waals surface area contributed by atoms with Gasteiger partial charge in [0.2, 0.25) is 5.89 Å². The summed E-state index contributed by atoms with van der Waals surface area (Å²) in [4.78, 5) is 43.8. The molecule has 1 unspecified atom stereocenters. The molecule has 4 rings (SSSR count). The number of nitrogens with zero attached hydrogens (tertiary/aromatic N) is 3. The van der Waals surface area contributed by atoms with Gasteiger partial charge in [0, 0.05) is 18.0 Å². The molecule has 0 aliphatic carbocycles. The van der Waals surface area contributed by atoms with Crippen LogP contribution in [0.1, 0.15) is 17.4 Å². The van der Waals surface area contributed by atoms with Gasteiger partial charge in [-0.2, -0.15) is 0 Å². The number of aliphatic carboxylic acids is 1. The van der Waals surface area contributed by atoms with Crippen molar-refractivity contribution in [1.82, 2.24) is 14.1 Å². The van der Waals surface area contributed by atoms with E-state index in [1.165, 1.54) is 35.3 Å². The van der Waals surface area contributed by atoms with Crippen LogP contribution < -0.4 is 16.0 Å². The first-order chi connectivity index (χ1) is 15.8. The van der Waals surface area contributed by atoms with Crippen LogP contribution in [-0.2, 0) is 24.3 Å². The number of hydrogen-bond acceptors (Lipinski definition) is 7. The molecular weight excluding hydrogens is 446 g/mol. The Hall–Kier alpha value is -3.66. The van der Waals surface area contributed by atoms with Crippen molar-refractivity contribution >= 4 is 27.5 Å². The number of carboxylic acids is 1. The predicted octanol–water partition coefficient (Wildman–Crippen LogP) is 3.16. The summed E-state index contributed by atoms with van der Waals surface area (Å²) in [5, 5.41) is 9.67. The molecule has 4 aromatic rings. The van der Waals surface area contributed by atoms with Crippen molar-refractivity contribution in [2.45, 2.75) is 33.4 Å². The van der Waals surface area contributed by atoms with Gasteiger partial charge in [0.05, 0.1) is 30.2 Å². The zero-order valence-electron chi connectivity index (χ0n) is 18.4. The van der Waals surface area contributed by atoms with E-state index in [2.05, 4.69) is 4.98 Å². The Labute approximate surface area is 192 Å². The maximum absolute atomic E-state index is 13.4. The number of aryl methyl sites for hydroxylation is 3. The van der Waals surface area contributed by atoms with E-state index in [0.29, 0.717) is 28.0 Å². The number of methoxy groups -OCH3 is 1. The quantitative estimate of drug-likeness (QED) is 0.421. The summed E-state index contributed by atoms with van der Waals surface area (Å²) in [6.45, 7) is 3.34. The Bertz CT molecular complexity index is 1430. The molecular formula is C23H23N3O6S. The maximum atomic E-state index is 13.4. The van der Waals surface area contributed by atoms with E-state index in [1.807, 2.05) is 31.2 Å². The van der Waals surface area contributed by atoms with Crippen LogP contribution in [0.25, 0.3) is 21.7 Å². The summed E-state index contributed by atoms with van der Waals surface area (Å²) >= 11 is 1.31. The number of thiophene rings is 1. The van der Waals surface area contributed by atoms with Crippen molar-refractivity contribution < 1.29 is 19.1 Å².